The van der Waals surface area contributed by atoms with Crippen LogP contribution in [0, 0.1) is 23.2 Å². The number of hydrogen-bond donors (Lipinski definition) is 1. The monoisotopic (exact) mass is 410 g/mol. The first-order chi connectivity index (χ1) is 14.6. The molecule has 2 saturated heterocycles. The Morgan fingerprint density at radius 2 is 1.80 bits per heavy atom. The number of hydrogen-bond acceptors (Lipinski definition) is 5. The van der Waals surface area contributed by atoms with Crippen LogP contribution in [0.1, 0.15) is 41.6 Å². The molecular weight excluding hydrogens is 380 g/mol. The summed E-state index contributed by atoms with van der Waals surface area (Å²) >= 11 is 0. The second kappa shape index (κ2) is 9.59. The molecule has 1 aliphatic carbocycles. The van der Waals surface area contributed by atoms with Gasteiger partial charge < -0.3 is 19.9 Å². The van der Waals surface area contributed by atoms with E-state index in [9.17, 15) is 9.59 Å². The molecule has 1 aromatic rings. The van der Waals surface area contributed by atoms with Gasteiger partial charge in [0, 0.05) is 31.7 Å². The third kappa shape index (κ3) is 5.59. The van der Waals surface area contributed by atoms with Crippen LogP contribution in [0.4, 0.5) is 0 Å². The number of morpholine rings is 1. The summed E-state index contributed by atoms with van der Waals surface area (Å²) in [5.74, 6) is 1.33. The van der Waals surface area contributed by atoms with Crippen LogP contribution in [-0.2, 0) is 9.53 Å². The lowest BCUT2D eigenvalue weighted by Crippen LogP contribution is -2.52. The molecule has 2 amide bonds. The predicted octanol–water partition coefficient (Wildman–Crippen LogP) is 1.64. The number of carbonyl (C=O) groups is 2. The molecule has 7 heteroatoms. The van der Waals surface area contributed by atoms with Crippen LogP contribution in [0.2, 0.25) is 0 Å². The molecular formula is C23H30N4O3. The van der Waals surface area contributed by atoms with Gasteiger partial charge >= 0.3 is 0 Å². The Morgan fingerprint density at radius 1 is 1.10 bits per heavy atom. The molecule has 4 rings (SSSR count). The van der Waals surface area contributed by atoms with Crippen molar-refractivity contribution in [1.29, 1.82) is 5.26 Å². The summed E-state index contributed by atoms with van der Waals surface area (Å²) in [4.78, 5) is 29.2. The van der Waals surface area contributed by atoms with Crippen LogP contribution in [0.3, 0.4) is 0 Å². The molecule has 3 fully saturated rings. The van der Waals surface area contributed by atoms with Gasteiger partial charge in [0.25, 0.3) is 5.91 Å². The number of benzene rings is 1. The van der Waals surface area contributed by atoms with Gasteiger partial charge in [0.1, 0.15) is 6.61 Å². The zero-order chi connectivity index (χ0) is 20.9. The first-order valence-electron chi connectivity index (χ1n) is 11.0. The number of ether oxygens (including phenoxy) is 1. The SMILES string of the molecule is N#Cc1ccc(C(=O)NC[C@H]2CN(CC3CCN(CC4CC4)CC3)C(=O)CO2)cc1. The van der Waals surface area contributed by atoms with E-state index in [0.717, 1.165) is 38.4 Å². The summed E-state index contributed by atoms with van der Waals surface area (Å²) in [6.07, 6.45) is 4.89. The van der Waals surface area contributed by atoms with E-state index in [1.165, 1.54) is 19.4 Å². The van der Waals surface area contributed by atoms with Gasteiger partial charge in [-0.15, -0.1) is 0 Å². The molecule has 0 spiro atoms. The quantitative estimate of drug-likeness (QED) is 0.739. The smallest absolute Gasteiger partial charge is 0.251 e. The van der Waals surface area contributed by atoms with Gasteiger partial charge in [-0.1, -0.05) is 0 Å². The van der Waals surface area contributed by atoms with E-state index in [2.05, 4.69) is 10.2 Å². The van der Waals surface area contributed by atoms with Crippen molar-refractivity contribution in [2.75, 3.05) is 45.9 Å². The number of carbonyl (C=O) groups excluding carboxylic acids is 2. The molecule has 1 atom stereocenters. The Hall–Kier alpha value is -2.43. The van der Waals surface area contributed by atoms with E-state index in [0.29, 0.717) is 30.1 Å². The number of amides is 2. The van der Waals surface area contributed by atoms with Gasteiger partial charge in [-0.3, -0.25) is 9.59 Å². The van der Waals surface area contributed by atoms with E-state index in [1.54, 1.807) is 24.3 Å². The molecule has 2 heterocycles. The second-order valence-electron chi connectivity index (χ2n) is 8.82. The fourth-order valence-corrected chi connectivity index (χ4v) is 4.31. The first-order valence-corrected chi connectivity index (χ1v) is 11.0. The number of nitrogens with zero attached hydrogens (tertiary/aromatic N) is 3. The molecule has 1 N–H and O–H groups in total. The van der Waals surface area contributed by atoms with Crippen LogP contribution in [0.15, 0.2) is 24.3 Å². The van der Waals surface area contributed by atoms with Crippen molar-refractivity contribution < 1.29 is 14.3 Å². The highest BCUT2D eigenvalue weighted by Gasteiger charge is 2.31. The molecule has 30 heavy (non-hydrogen) atoms. The lowest BCUT2D eigenvalue weighted by atomic mass is 9.95. The molecule has 1 saturated carbocycles. The number of rotatable bonds is 7. The molecule has 0 aromatic heterocycles. The fraction of sp³-hybridized carbons (Fsp3) is 0.609. The van der Waals surface area contributed by atoms with Gasteiger partial charge in [0.2, 0.25) is 5.91 Å². The van der Waals surface area contributed by atoms with Crippen molar-refractivity contribution in [3.05, 3.63) is 35.4 Å². The maximum atomic E-state index is 12.3. The summed E-state index contributed by atoms with van der Waals surface area (Å²) in [5.41, 5.74) is 1.03. The van der Waals surface area contributed by atoms with E-state index in [4.69, 9.17) is 10.00 Å². The zero-order valence-electron chi connectivity index (χ0n) is 17.4. The number of nitrogens with one attached hydrogen (secondary N) is 1. The highest BCUT2D eigenvalue weighted by molar-refractivity contribution is 5.94. The zero-order valence-corrected chi connectivity index (χ0v) is 17.4. The topological polar surface area (TPSA) is 85.7 Å². The Balaban J connectivity index is 1.21. The number of likely N-dealkylation sites (tertiary alicyclic amines) is 1. The van der Waals surface area contributed by atoms with Gasteiger partial charge in [-0.25, -0.2) is 0 Å². The highest BCUT2D eigenvalue weighted by Crippen LogP contribution is 2.31. The van der Waals surface area contributed by atoms with Crippen LogP contribution < -0.4 is 5.32 Å². The molecule has 160 valence electrons. The van der Waals surface area contributed by atoms with Crippen LogP contribution >= 0.6 is 0 Å². The van der Waals surface area contributed by atoms with Crippen LogP contribution in [0.25, 0.3) is 0 Å². The highest BCUT2D eigenvalue weighted by atomic mass is 16.5. The lowest BCUT2D eigenvalue weighted by Gasteiger charge is -2.38. The van der Waals surface area contributed by atoms with Crippen LogP contribution in [0.5, 0.6) is 0 Å². The number of piperidine rings is 1. The van der Waals surface area contributed by atoms with Crippen molar-refractivity contribution in [2.24, 2.45) is 11.8 Å². The minimum atomic E-state index is -0.199. The summed E-state index contributed by atoms with van der Waals surface area (Å²) in [5, 5.41) is 11.7. The molecule has 1 aromatic carbocycles. The van der Waals surface area contributed by atoms with Crippen LogP contribution in [-0.4, -0.2) is 73.6 Å². The second-order valence-corrected chi connectivity index (χ2v) is 8.82. The molecule has 3 aliphatic rings. The van der Waals surface area contributed by atoms with Gasteiger partial charge in [0.15, 0.2) is 0 Å². The largest absolute Gasteiger partial charge is 0.365 e. The van der Waals surface area contributed by atoms with Crippen molar-refractivity contribution in [3.8, 4) is 6.07 Å². The maximum Gasteiger partial charge on any atom is 0.251 e. The fourth-order valence-electron chi connectivity index (χ4n) is 4.31. The summed E-state index contributed by atoms with van der Waals surface area (Å²) in [7, 11) is 0. The van der Waals surface area contributed by atoms with E-state index >= 15 is 0 Å². The lowest BCUT2D eigenvalue weighted by molar-refractivity contribution is -0.149. The standard InChI is InChI=1S/C23H30N4O3/c24-11-17-3-5-20(6-4-17)23(29)25-12-21-15-27(22(28)16-30-21)14-19-7-9-26(10-8-19)13-18-1-2-18/h3-6,18-19,21H,1-2,7-10,12-16H2,(H,25,29)/t21-/m0/s1. The van der Waals surface area contributed by atoms with Crippen molar-refractivity contribution in [2.45, 2.75) is 31.8 Å². The molecule has 7 nitrogen and oxygen atoms in total. The Morgan fingerprint density at radius 3 is 2.47 bits per heavy atom. The van der Waals surface area contributed by atoms with E-state index < -0.39 is 0 Å². The molecule has 2 aliphatic heterocycles. The van der Waals surface area contributed by atoms with Crippen molar-refractivity contribution in [3.63, 3.8) is 0 Å². The van der Waals surface area contributed by atoms with Crippen molar-refractivity contribution in [1.82, 2.24) is 15.1 Å². The van der Waals surface area contributed by atoms with E-state index in [-0.39, 0.29) is 24.5 Å². The average Bonchev–Trinajstić information content (AvgIpc) is 3.59. The summed E-state index contributed by atoms with van der Waals surface area (Å²) in [6.45, 7) is 5.30. The Labute approximate surface area is 178 Å². The summed E-state index contributed by atoms with van der Waals surface area (Å²) < 4.78 is 5.64. The third-order valence-corrected chi connectivity index (χ3v) is 6.38. The minimum Gasteiger partial charge on any atom is -0.365 e. The first kappa shape index (κ1) is 20.8. The Kier molecular flexibility index (Phi) is 6.66. The van der Waals surface area contributed by atoms with Gasteiger partial charge in [0.05, 0.1) is 17.7 Å². The molecule has 0 bridgehead atoms. The molecule has 0 radical (unpaired) electrons. The maximum absolute atomic E-state index is 12.3. The normalized spacial score (nSPS) is 23.2. The van der Waals surface area contributed by atoms with Gasteiger partial charge in [-0.05, 0) is 74.9 Å². The van der Waals surface area contributed by atoms with Crippen molar-refractivity contribution >= 4 is 11.8 Å². The predicted molar refractivity (Wildman–Crippen MR) is 112 cm³/mol. The number of nitriles is 1. The van der Waals surface area contributed by atoms with E-state index in [1.807, 2.05) is 11.0 Å². The van der Waals surface area contributed by atoms with Gasteiger partial charge in [-0.2, -0.15) is 5.26 Å². The average molecular weight is 411 g/mol. The minimum absolute atomic E-state index is 0.0464. The third-order valence-electron chi connectivity index (χ3n) is 6.38. The summed E-state index contributed by atoms with van der Waals surface area (Å²) in [6, 6.07) is 8.58. The molecule has 0 unspecified atom stereocenters. The Bertz CT molecular complexity index is 792.